The molecule has 110 heavy (non-hydrogen) atoms. The van der Waals surface area contributed by atoms with Crippen molar-refractivity contribution in [3.05, 3.63) is 48.6 Å². The highest BCUT2D eigenvalue weighted by Crippen LogP contribution is 2.34. The molecule has 3 saturated heterocycles. The number of aliphatic hydroxyl groups is 11. The summed E-state index contributed by atoms with van der Waals surface area (Å²) >= 11 is 0. The van der Waals surface area contributed by atoms with Crippen LogP contribution in [-0.4, -0.2) is 193 Å². The molecule has 3 heterocycles. The van der Waals surface area contributed by atoms with Crippen molar-refractivity contribution in [2.45, 2.75) is 497 Å². The largest absolute Gasteiger partial charge is 0.394 e. The number of rotatable bonds is 75. The van der Waals surface area contributed by atoms with E-state index in [1.54, 1.807) is 6.08 Å². The molecule has 17 unspecified atom stereocenters. The smallest absolute Gasteiger partial charge is 0.220 e. The van der Waals surface area contributed by atoms with Gasteiger partial charge in [-0.15, -0.1) is 0 Å². The third-order valence-corrected chi connectivity index (χ3v) is 22.8. The predicted molar refractivity (Wildman–Crippen MR) is 443 cm³/mol. The Morgan fingerprint density at radius 1 is 0.327 bits per heavy atom. The second-order valence-electron chi connectivity index (χ2n) is 32.8. The number of unbranched alkanes of at least 4 members (excludes halogenated alkanes) is 53. The molecule has 0 saturated carbocycles. The molecule has 17 atom stereocenters. The van der Waals surface area contributed by atoms with Crippen molar-refractivity contribution >= 4 is 5.91 Å². The van der Waals surface area contributed by atoms with Gasteiger partial charge in [-0.2, -0.15) is 0 Å². The van der Waals surface area contributed by atoms with E-state index in [4.69, 9.17) is 28.4 Å². The van der Waals surface area contributed by atoms with Crippen LogP contribution in [0.15, 0.2) is 48.6 Å². The fraction of sp³-hybridized carbons (Fsp3) is 0.901. The monoisotopic (exact) mass is 1560 g/mol. The zero-order valence-electron chi connectivity index (χ0n) is 69.8. The summed E-state index contributed by atoms with van der Waals surface area (Å²) in [4.78, 5) is 13.5. The average molecular weight is 1570 g/mol. The van der Waals surface area contributed by atoms with Crippen LogP contribution < -0.4 is 5.32 Å². The van der Waals surface area contributed by atoms with Gasteiger partial charge in [-0.25, -0.2) is 0 Å². The van der Waals surface area contributed by atoms with Gasteiger partial charge in [0.2, 0.25) is 5.91 Å². The summed E-state index contributed by atoms with van der Waals surface area (Å²) in [6.07, 6.45) is 65.7. The molecule has 19 heteroatoms. The van der Waals surface area contributed by atoms with E-state index >= 15 is 0 Å². The summed E-state index contributed by atoms with van der Waals surface area (Å²) in [6, 6.07) is -0.991. The van der Waals surface area contributed by atoms with Crippen LogP contribution in [0.25, 0.3) is 0 Å². The molecule has 0 bridgehead atoms. The molecule has 3 aliphatic heterocycles. The van der Waals surface area contributed by atoms with E-state index in [9.17, 15) is 61.0 Å². The third kappa shape index (κ3) is 49.1. The van der Waals surface area contributed by atoms with E-state index in [1.807, 2.05) is 6.08 Å². The minimum absolute atomic E-state index is 0.240. The first-order chi connectivity index (χ1) is 53.8. The Balaban J connectivity index is 1.29. The van der Waals surface area contributed by atoms with Gasteiger partial charge < -0.3 is 89.9 Å². The summed E-state index contributed by atoms with van der Waals surface area (Å²) < 4.78 is 34.5. The minimum atomic E-state index is -1.98. The number of amides is 1. The third-order valence-electron chi connectivity index (χ3n) is 22.8. The lowest BCUT2D eigenvalue weighted by molar-refractivity contribution is -0.379. The van der Waals surface area contributed by atoms with E-state index in [0.29, 0.717) is 12.8 Å². The summed E-state index contributed by atoms with van der Waals surface area (Å²) in [5, 5.41) is 121. The van der Waals surface area contributed by atoms with Crippen LogP contribution >= 0.6 is 0 Å². The first-order valence-electron chi connectivity index (χ1n) is 45.9. The maximum Gasteiger partial charge on any atom is 0.220 e. The number of aliphatic hydroxyl groups excluding tert-OH is 11. The van der Waals surface area contributed by atoms with Crippen LogP contribution in [0.5, 0.6) is 0 Å². The van der Waals surface area contributed by atoms with Crippen molar-refractivity contribution in [3.8, 4) is 0 Å². The second kappa shape index (κ2) is 70.9. The van der Waals surface area contributed by atoms with Gasteiger partial charge in [-0.05, 0) is 64.2 Å². The van der Waals surface area contributed by atoms with E-state index in [0.717, 1.165) is 44.9 Å². The van der Waals surface area contributed by atoms with Crippen molar-refractivity contribution in [2.75, 3.05) is 26.4 Å². The highest BCUT2D eigenvalue weighted by molar-refractivity contribution is 5.76. The molecule has 3 aliphatic rings. The summed E-state index contributed by atoms with van der Waals surface area (Å²) in [5.41, 5.74) is 0. The van der Waals surface area contributed by atoms with Crippen LogP contribution in [0.4, 0.5) is 0 Å². The molecule has 3 rings (SSSR count). The molecule has 1 amide bonds. The molecule has 646 valence electrons. The number of carbonyl (C=O) groups is 1. The van der Waals surface area contributed by atoms with E-state index in [-0.39, 0.29) is 18.9 Å². The molecule has 12 N–H and O–H groups in total. The van der Waals surface area contributed by atoms with Crippen molar-refractivity contribution < 1.29 is 89.4 Å². The summed E-state index contributed by atoms with van der Waals surface area (Å²) in [6.45, 7) is 1.77. The van der Waals surface area contributed by atoms with E-state index in [2.05, 4.69) is 55.6 Å². The molecule has 0 aromatic carbocycles. The van der Waals surface area contributed by atoms with Crippen LogP contribution in [0, 0.1) is 0 Å². The number of ether oxygens (including phenoxy) is 6. The molecular formula is C91H169NO18. The highest BCUT2D eigenvalue weighted by Gasteiger charge is 2.54. The topological polar surface area (TPSA) is 307 Å². The molecule has 0 radical (unpaired) electrons. The fourth-order valence-electron chi connectivity index (χ4n) is 15.5. The molecule has 3 fully saturated rings. The number of nitrogens with one attached hydrogen (secondary N) is 1. The van der Waals surface area contributed by atoms with Gasteiger partial charge in [0.25, 0.3) is 0 Å². The highest BCUT2D eigenvalue weighted by atomic mass is 16.8. The van der Waals surface area contributed by atoms with E-state index < -0.39 is 124 Å². The lowest BCUT2D eigenvalue weighted by Crippen LogP contribution is -2.66. The molecule has 19 nitrogen and oxygen atoms in total. The van der Waals surface area contributed by atoms with Crippen molar-refractivity contribution in [2.24, 2.45) is 0 Å². The number of hydrogen-bond acceptors (Lipinski definition) is 18. The summed E-state index contributed by atoms with van der Waals surface area (Å²) in [7, 11) is 0. The van der Waals surface area contributed by atoms with Crippen molar-refractivity contribution in [3.63, 3.8) is 0 Å². The summed E-state index contributed by atoms with van der Waals surface area (Å²) in [5.74, 6) is -0.277. The van der Waals surface area contributed by atoms with Gasteiger partial charge in [-0.3, -0.25) is 4.79 Å². The zero-order chi connectivity index (χ0) is 79.5. The van der Waals surface area contributed by atoms with Crippen LogP contribution in [0.2, 0.25) is 0 Å². The van der Waals surface area contributed by atoms with Gasteiger partial charge in [-0.1, -0.05) is 371 Å². The lowest BCUT2D eigenvalue weighted by Gasteiger charge is -2.48. The van der Waals surface area contributed by atoms with Crippen molar-refractivity contribution in [1.82, 2.24) is 5.32 Å². The Labute approximate surface area is 669 Å². The quantitative estimate of drug-likeness (QED) is 0.0199. The molecular weight excluding hydrogens is 1390 g/mol. The molecule has 0 aromatic heterocycles. The Hall–Kier alpha value is -2.25. The number of allylic oxidation sites excluding steroid dienone is 7. The maximum atomic E-state index is 13.5. The predicted octanol–water partition coefficient (Wildman–Crippen LogP) is 17.6. The zero-order valence-corrected chi connectivity index (χ0v) is 69.8. The first-order valence-corrected chi connectivity index (χ1v) is 45.9. The first kappa shape index (κ1) is 102. The Morgan fingerprint density at radius 2 is 0.609 bits per heavy atom. The Bertz CT molecular complexity index is 2170. The Kier molecular flexibility index (Phi) is 65.7. The van der Waals surface area contributed by atoms with Crippen LogP contribution in [0.1, 0.15) is 393 Å². The maximum absolute atomic E-state index is 13.5. The number of hydrogen-bond donors (Lipinski definition) is 12. The normalized spacial score (nSPS) is 25.3. The minimum Gasteiger partial charge on any atom is -0.394 e. The lowest BCUT2D eigenvalue weighted by atomic mass is 9.96. The van der Waals surface area contributed by atoms with E-state index in [1.165, 1.54) is 315 Å². The van der Waals surface area contributed by atoms with Gasteiger partial charge >= 0.3 is 0 Å². The number of carbonyl (C=O) groups excluding carboxylic acids is 1. The average Bonchev–Trinajstić information content (AvgIpc) is 0.782. The van der Waals surface area contributed by atoms with Gasteiger partial charge in [0.15, 0.2) is 18.9 Å². The van der Waals surface area contributed by atoms with Gasteiger partial charge in [0, 0.05) is 6.42 Å². The van der Waals surface area contributed by atoms with Crippen LogP contribution in [0.3, 0.4) is 0 Å². The molecule has 0 aliphatic carbocycles. The van der Waals surface area contributed by atoms with Crippen molar-refractivity contribution in [1.29, 1.82) is 0 Å². The van der Waals surface area contributed by atoms with Gasteiger partial charge in [0.1, 0.15) is 73.2 Å². The fourth-order valence-corrected chi connectivity index (χ4v) is 15.5. The standard InChI is InChI=1S/C91H169NO18/c1-3-5-7-9-11-13-15-17-19-21-23-25-27-29-30-31-32-33-34-35-36-37-38-39-40-41-42-43-44-45-47-49-51-53-55-57-59-61-63-65-67-69-79(97)92-74(75(96)68-66-64-62-60-58-56-54-52-50-48-46-28-26-24-22-20-18-16-14-12-10-8-6-4-2)73-105-89-85(103)82(100)87(77(71-94)107-89)110-91-86(104)83(101)88(78(72-95)108-91)109-90-84(102)81(99)80(98)76(70-93)106-90/h15,17,21,23,58,60,66,68,74-78,80-91,93-96,98-104H,3-14,16,18-20,22,24-57,59,61-65,67,69-73H2,1-2H3,(H,92,97)/b17-15-,23-21-,60-58+,68-66+. The molecule has 0 aromatic rings. The SMILES string of the molecule is CCCCCCC/C=C\C/C=C\CCCCCCCCCCCCCCCCCCCCCCCCCCCCCCCC(=O)NC(COC1OC(CO)C(OC2OC(CO)C(OC3OC(CO)C(O)C(O)C3O)C(O)C2O)C(O)C1O)C(O)/C=C/CC/C=C/CCCCCCCCCCCCCCCCCCCC. The molecule has 0 spiro atoms. The second-order valence-corrected chi connectivity index (χ2v) is 32.8. The van der Waals surface area contributed by atoms with Gasteiger partial charge in [0.05, 0.1) is 38.6 Å². The Morgan fingerprint density at radius 3 is 0.964 bits per heavy atom. The van der Waals surface area contributed by atoms with Crippen LogP contribution in [-0.2, 0) is 33.2 Å².